The standard InChI is InChI=1S/C15H21N3S2/c1-15(2,10-18-7-3-4-8-18)20-11-5-6-12-13(9-11)19-14(16)17-12/h5-6,9H,3-4,7-8,10H2,1-2H3,(H2,16,17). The summed E-state index contributed by atoms with van der Waals surface area (Å²) in [4.78, 5) is 8.20. The van der Waals surface area contributed by atoms with Crippen molar-refractivity contribution in [3.63, 3.8) is 0 Å². The Morgan fingerprint density at radius 1 is 1.35 bits per heavy atom. The van der Waals surface area contributed by atoms with Crippen LogP contribution in [0.2, 0.25) is 0 Å². The zero-order valence-corrected chi connectivity index (χ0v) is 13.7. The topological polar surface area (TPSA) is 42.2 Å². The number of aromatic nitrogens is 1. The minimum absolute atomic E-state index is 0.230. The van der Waals surface area contributed by atoms with Crippen LogP contribution < -0.4 is 5.73 Å². The van der Waals surface area contributed by atoms with Crippen molar-refractivity contribution < 1.29 is 0 Å². The van der Waals surface area contributed by atoms with E-state index in [2.05, 4.69) is 41.9 Å². The number of rotatable bonds is 4. The Bertz CT molecular complexity index is 600. The molecule has 1 aromatic carbocycles. The summed E-state index contributed by atoms with van der Waals surface area (Å²) in [6, 6.07) is 6.47. The molecule has 3 rings (SSSR count). The highest BCUT2D eigenvalue weighted by atomic mass is 32.2. The lowest BCUT2D eigenvalue weighted by atomic mass is 10.2. The van der Waals surface area contributed by atoms with Crippen molar-refractivity contribution >= 4 is 38.4 Å². The third kappa shape index (κ3) is 3.27. The second-order valence-electron chi connectivity index (χ2n) is 6.03. The number of hydrogen-bond acceptors (Lipinski definition) is 5. The molecule has 0 amide bonds. The number of anilines is 1. The molecule has 1 saturated heterocycles. The third-order valence-corrected chi connectivity index (χ3v) is 5.59. The molecule has 0 aliphatic carbocycles. The molecule has 1 fully saturated rings. The first-order valence-corrected chi connectivity index (χ1v) is 8.73. The molecule has 1 aromatic heterocycles. The molecule has 3 nitrogen and oxygen atoms in total. The highest BCUT2D eigenvalue weighted by molar-refractivity contribution is 8.00. The second kappa shape index (κ2) is 5.54. The Labute approximate surface area is 128 Å². The fraction of sp³-hybridized carbons (Fsp3) is 0.533. The van der Waals surface area contributed by atoms with E-state index in [0.29, 0.717) is 5.13 Å². The molecule has 1 aliphatic rings. The van der Waals surface area contributed by atoms with Crippen LogP contribution in [0, 0.1) is 0 Å². The van der Waals surface area contributed by atoms with Crippen LogP contribution in [0.25, 0.3) is 10.2 Å². The molecule has 20 heavy (non-hydrogen) atoms. The molecule has 1 aliphatic heterocycles. The van der Waals surface area contributed by atoms with Crippen molar-refractivity contribution in [3.05, 3.63) is 18.2 Å². The van der Waals surface area contributed by atoms with Gasteiger partial charge in [-0.2, -0.15) is 0 Å². The zero-order valence-electron chi connectivity index (χ0n) is 12.1. The summed E-state index contributed by atoms with van der Waals surface area (Å²) < 4.78 is 1.42. The van der Waals surface area contributed by atoms with Crippen LogP contribution in [0.15, 0.2) is 23.1 Å². The molecule has 0 saturated carbocycles. The molecule has 0 radical (unpaired) electrons. The highest BCUT2D eigenvalue weighted by Crippen LogP contribution is 2.36. The van der Waals surface area contributed by atoms with Gasteiger partial charge in [0.25, 0.3) is 0 Å². The van der Waals surface area contributed by atoms with E-state index in [0.717, 1.165) is 12.1 Å². The lowest BCUT2D eigenvalue weighted by molar-refractivity contribution is 0.313. The average Bonchev–Trinajstić information content (AvgIpc) is 2.95. The van der Waals surface area contributed by atoms with Crippen LogP contribution in [0.5, 0.6) is 0 Å². The summed E-state index contributed by atoms with van der Waals surface area (Å²) in [5, 5.41) is 0.651. The van der Waals surface area contributed by atoms with E-state index in [9.17, 15) is 0 Å². The maximum Gasteiger partial charge on any atom is 0.181 e. The molecule has 2 heterocycles. The van der Waals surface area contributed by atoms with Crippen LogP contribution in [0.1, 0.15) is 26.7 Å². The summed E-state index contributed by atoms with van der Waals surface area (Å²) >= 11 is 3.52. The van der Waals surface area contributed by atoms with E-state index in [1.54, 1.807) is 11.3 Å². The number of benzene rings is 1. The van der Waals surface area contributed by atoms with Gasteiger partial charge in [0, 0.05) is 16.2 Å². The van der Waals surface area contributed by atoms with Crippen LogP contribution in [0.3, 0.4) is 0 Å². The van der Waals surface area contributed by atoms with Crippen LogP contribution in [-0.4, -0.2) is 34.3 Å². The largest absolute Gasteiger partial charge is 0.375 e. The minimum atomic E-state index is 0.230. The zero-order chi connectivity index (χ0) is 14.2. The van der Waals surface area contributed by atoms with Gasteiger partial charge in [0.1, 0.15) is 0 Å². The van der Waals surface area contributed by atoms with Crippen molar-refractivity contribution in [2.75, 3.05) is 25.4 Å². The molecule has 0 spiro atoms. The first kappa shape index (κ1) is 14.2. The predicted octanol–water partition coefficient (Wildman–Crippen LogP) is 3.85. The van der Waals surface area contributed by atoms with Gasteiger partial charge in [-0.05, 0) is 58.0 Å². The van der Waals surface area contributed by atoms with Crippen LogP contribution in [-0.2, 0) is 0 Å². The van der Waals surface area contributed by atoms with Crippen molar-refractivity contribution in [1.29, 1.82) is 0 Å². The smallest absolute Gasteiger partial charge is 0.181 e. The first-order valence-electron chi connectivity index (χ1n) is 7.09. The SMILES string of the molecule is CC(C)(CN1CCCC1)Sc1ccc2nc(N)sc2c1. The summed E-state index contributed by atoms with van der Waals surface area (Å²) in [7, 11) is 0. The third-order valence-electron chi connectivity index (χ3n) is 3.57. The number of nitrogens with zero attached hydrogens (tertiary/aromatic N) is 2. The fourth-order valence-electron chi connectivity index (χ4n) is 2.82. The first-order chi connectivity index (χ1) is 9.52. The van der Waals surface area contributed by atoms with E-state index in [1.807, 2.05) is 11.8 Å². The van der Waals surface area contributed by atoms with E-state index >= 15 is 0 Å². The molecule has 0 atom stereocenters. The summed E-state index contributed by atoms with van der Waals surface area (Å²) in [6.07, 6.45) is 2.71. The Morgan fingerprint density at radius 2 is 2.10 bits per heavy atom. The molecule has 0 bridgehead atoms. The summed E-state index contributed by atoms with van der Waals surface area (Å²) in [6.45, 7) is 8.34. The number of likely N-dealkylation sites (tertiary alicyclic amines) is 1. The summed E-state index contributed by atoms with van der Waals surface area (Å²) in [5.41, 5.74) is 6.78. The van der Waals surface area contributed by atoms with Gasteiger partial charge in [0.2, 0.25) is 0 Å². The van der Waals surface area contributed by atoms with Crippen molar-refractivity contribution in [2.45, 2.75) is 36.3 Å². The number of nitrogens with two attached hydrogens (primary N) is 1. The monoisotopic (exact) mass is 307 g/mol. The molecular weight excluding hydrogens is 286 g/mol. The van der Waals surface area contributed by atoms with Gasteiger partial charge in [-0.25, -0.2) is 4.98 Å². The predicted molar refractivity (Wildman–Crippen MR) is 89.6 cm³/mol. The van der Waals surface area contributed by atoms with E-state index in [-0.39, 0.29) is 4.75 Å². The second-order valence-corrected chi connectivity index (χ2v) is 8.87. The molecule has 2 aromatic rings. The molecular formula is C15H21N3S2. The number of hydrogen-bond donors (Lipinski definition) is 1. The number of thiazole rings is 1. The van der Waals surface area contributed by atoms with Gasteiger partial charge >= 0.3 is 0 Å². The van der Waals surface area contributed by atoms with Gasteiger partial charge in [-0.15, -0.1) is 11.8 Å². The van der Waals surface area contributed by atoms with Crippen LogP contribution in [0.4, 0.5) is 5.13 Å². The van der Waals surface area contributed by atoms with E-state index in [1.165, 1.54) is 35.5 Å². The normalized spacial score (nSPS) is 17.1. The van der Waals surface area contributed by atoms with Crippen LogP contribution >= 0.6 is 23.1 Å². The van der Waals surface area contributed by atoms with Gasteiger partial charge < -0.3 is 10.6 Å². The van der Waals surface area contributed by atoms with Crippen molar-refractivity contribution in [1.82, 2.24) is 9.88 Å². The lowest BCUT2D eigenvalue weighted by Gasteiger charge is -2.29. The number of fused-ring (bicyclic) bond motifs is 1. The van der Waals surface area contributed by atoms with E-state index < -0.39 is 0 Å². The maximum atomic E-state index is 5.77. The molecule has 108 valence electrons. The van der Waals surface area contributed by atoms with Gasteiger partial charge in [0.15, 0.2) is 5.13 Å². The maximum absolute atomic E-state index is 5.77. The van der Waals surface area contributed by atoms with Crippen molar-refractivity contribution in [2.24, 2.45) is 0 Å². The fourth-order valence-corrected chi connectivity index (χ4v) is 4.86. The molecule has 2 N–H and O–H groups in total. The number of thioether (sulfide) groups is 1. The summed E-state index contributed by atoms with van der Waals surface area (Å²) in [5.74, 6) is 0. The quantitative estimate of drug-likeness (QED) is 0.871. The molecule has 0 unspecified atom stereocenters. The van der Waals surface area contributed by atoms with Gasteiger partial charge in [-0.3, -0.25) is 0 Å². The minimum Gasteiger partial charge on any atom is -0.375 e. The van der Waals surface area contributed by atoms with E-state index in [4.69, 9.17) is 5.73 Å². The van der Waals surface area contributed by atoms with Gasteiger partial charge in [-0.1, -0.05) is 11.3 Å². The Morgan fingerprint density at radius 3 is 2.85 bits per heavy atom. The Hall–Kier alpha value is -0.780. The van der Waals surface area contributed by atoms with Gasteiger partial charge in [0.05, 0.1) is 10.2 Å². The molecule has 5 heteroatoms. The Balaban J connectivity index is 1.73. The number of nitrogen functional groups attached to an aromatic ring is 1. The van der Waals surface area contributed by atoms with Crippen molar-refractivity contribution in [3.8, 4) is 0 Å². The highest BCUT2D eigenvalue weighted by Gasteiger charge is 2.25. The Kier molecular flexibility index (Phi) is 3.93. The average molecular weight is 307 g/mol. The lowest BCUT2D eigenvalue weighted by Crippen LogP contribution is -2.34.